The molecule has 20 heavy (non-hydrogen) atoms. The molecule has 0 radical (unpaired) electrons. The maximum absolute atomic E-state index is 12.1. The summed E-state index contributed by atoms with van der Waals surface area (Å²) in [5.74, 6) is 0.575. The third-order valence-electron chi connectivity index (χ3n) is 4.41. The zero-order chi connectivity index (χ0) is 13.3. The summed E-state index contributed by atoms with van der Waals surface area (Å²) in [5.41, 5.74) is 0.355. The first-order valence-electron chi connectivity index (χ1n) is 6.92. The van der Waals surface area contributed by atoms with Crippen LogP contribution in [-0.4, -0.2) is 25.5 Å². The van der Waals surface area contributed by atoms with Gasteiger partial charge in [-0.15, -0.1) is 23.7 Å². The zero-order valence-electron chi connectivity index (χ0n) is 11.3. The largest absolute Gasteiger partial charge is 0.355 e. The molecule has 3 nitrogen and oxygen atoms in total. The second-order valence-corrected chi connectivity index (χ2v) is 8.68. The molecule has 2 aliphatic rings. The molecule has 1 aromatic rings. The van der Waals surface area contributed by atoms with Crippen LogP contribution in [0.3, 0.4) is 0 Å². The Morgan fingerprint density at radius 1 is 1.45 bits per heavy atom. The van der Waals surface area contributed by atoms with Crippen LogP contribution in [0.2, 0.25) is 0 Å². The van der Waals surface area contributed by atoms with Crippen molar-refractivity contribution in [1.82, 2.24) is 10.6 Å². The van der Waals surface area contributed by atoms with Crippen LogP contribution in [0.5, 0.6) is 0 Å². The highest BCUT2D eigenvalue weighted by molar-refractivity contribution is 14.1. The molecule has 112 valence electrons. The molecule has 2 N–H and O–H groups in total. The number of thiophene rings is 1. The van der Waals surface area contributed by atoms with Gasteiger partial charge in [0.2, 0.25) is 5.91 Å². The molecule has 0 bridgehead atoms. The monoisotopic (exact) mass is 426 g/mol. The maximum atomic E-state index is 12.1. The maximum Gasteiger partial charge on any atom is 0.223 e. The molecular weight excluding hydrogens is 407 g/mol. The van der Waals surface area contributed by atoms with Crippen molar-refractivity contribution in [2.24, 2.45) is 11.3 Å². The van der Waals surface area contributed by atoms with Gasteiger partial charge in [-0.25, -0.2) is 0 Å². The minimum atomic E-state index is 0. The van der Waals surface area contributed by atoms with Gasteiger partial charge in [-0.3, -0.25) is 4.79 Å². The molecule has 2 heterocycles. The van der Waals surface area contributed by atoms with Crippen LogP contribution in [0, 0.1) is 14.2 Å². The Morgan fingerprint density at radius 3 is 2.85 bits per heavy atom. The number of carbonyl (C=O) groups is 1. The van der Waals surface area contributed by atoms with Crippen LogP contribution in [0.15, 0.2) is 12.1 Å². The molecule has 1 aromatic heterocycles. The van der Waals surface area contributed by atoms with Crippen LogP contribution in [0.1, 0.15) is 24.1 Å². The van der Waals surface area contributed by atoms with Crippen LogP contribution in [-0.2, 0) is 11.2 Å². The van der Waals surface area contributed by atoms with Crippen molar-refractivity contribution >= 4 is 52.2 Å². The van der Waals surface area contributed by atoms with Crippen LogP contribution < -0.4 is 10.6 Å². The molecule has 6 heteroatoms. The van der Waals surface area contributed by atoms with Crippen LogP contribution >= 0.6 is 46.3 Å². The number of hydrogen-bond donors (Lipinski definition) is 2. The number of rotatable bonds is 4. The molecule has 1 saturated carbocycles. The Kier molecular flexibility index (Phi) is 5.73. The van der Waals surface area contributed by atoms with Crippen molar-refractivity contribution in [3.8, 4) is 0 Å². The third-order valence-corrected chi connectivity index (χ3v) is 6.36. The van der Waals surface area contributed by atoms with E-state index in [0.717, 1.165) is 32.5 Å². The standard InChI is InChI=1S/C14H19IN2OS.ClH/c15-12-2-1-10(19-12)3-6-17-13(18)11-9-14(11)4-7-16-8-5-14;/h1-2,11,16H,3-9H2,(H,17,18);1H. The van der Waals surface area contributed by atoms with Crippen molar-refractivity contribution in [3.63, 3.8) is 0 Å². The van der Waals surface area contributed by atoms with Gasteiger partial charge >= 0.3 is 0 Å². The molecule has 1 aliphatic heterocycles. The lowest BCUT2D eigenvalue weighted by atomic mass is 9.92. The number of hydrogen-bond acceptors (Lipinski definition) is 3. The first-order chi connectivity index (χ1) is 9.20. The predicted molar refractivity (Wildman–Crippen MR) is 93.6 cm³/mol. The fourth-order valence-corrected chi connectivity index (χ4v) is 4.87. The number of amides is 1. The molecule has 0 aromatic carbocycles. The number of nitrogens with one attached hydrogen (secondary N) is 2. The average molecular weight is 427 g/mol. The summed E-state index contributed by atoms with van der Waals surface area (Å²) in [6.45, 7) is 2.94. The van der Waals surface area contributed by atoms with E-state index in [0.29, 0.717) is 5.41 Å². The summed E-state index contributed by atoms with van der Waals surface area (Å²) in [7, 11) is 0. The number of carbonyl (C=O) groups excluding carboxylic acids is 1. The minimum Gasteiger partial charge on any atom is -0.355 e. The van der Waals surface area contributed by atoms with Crippen molar-refractivity contribution in [3.05, 3.63) is 19.9 Å². The van der Waals surface area contributed by atoms with Crippen molar-refractivity contribution in [2.45, 2.75) is 25.7 Å². The quantitative estimate of drug-likeness (QED) is 0.727. The molecule has 1 spiro atoms. The van der Waals surface area contributed by atoms with Gasteiger partial charge in [-0.05, 0) is 78.9 Å². The molecule has 1 unspecified atom stereocenters. The summed E-state index contributed by atoms with van der Waals surface area (Å²) in [6.07, 6.45) is 4.42. The van der Waals surface area contributed by atoms with E-state index >= 15 is 0 Å². The highest BCUT2D eigenvalue weighted by Gasteiger charge is 2.57. The van der Waals surface area contributed by atoms with Gasteiger partial charge in [0.25, 0.3) is 0 Å². The Morgan fingerprint density at radius 2 is 2.20 bits per heavy atom. The normalized spacial score (nSPS) is 23.1. The molecule has 3 rings (SSSR count). The number of piperidine rings is 1. The van der Waals surface area contributed by atoms with Crippen LogP contribution in [0.25, 0.3) is 0 Å². The van der Waals surface area contributed by atoms with Crippen LogP contribution in [0.4, 0.5) is 0 Å². The van der Waals surface area contributed by atoms with E-state index in [1.165, 1.54) is 20.6 Å². The van der Waals surface area contributed by atoms with Crippen molar-refractivity contribution in [1.29, 1.82) is 0 Å². The molecule has 2 fully saturated rings. The van der Waals surface area contributed by atoms with E-state index in [1.54, 1.807) is 0 Å². The van der Waals surface area contributed by atoms with Crippen molar-refractivity contribution < 1.29 is 4.79 Å². The summed E-state index contributed by atoms with van der Waals surface area (Å²) in [5, 5.41) is 6.49. The van der Waals surface area contributed by atoms with E-state index in [9.17, 15) is 4.79 Å². The summed E-state index contributed by atoms with van der Waals surface area (Å²) in [4.78, 5) is 13.5. The van der Waals surface area contributed by atoms with E-state index in [-0.39, 0.29) is 24.2 Å². The van der Waals surface area contributed by atoms with Gasteiger partial charge in [-0.2, -0.15) is 0 Å². The summed E-state index contributed by atoms with van der Waals surface area (Å²) >= 11 is 4.15. The highest BCUT2D eigenvalue weighted by Crippen LogP contribution is 2.58. The SMILES string of the molecule is Cl.O=C(NCCc1ccc(I)s1)C1CC12CCNCC2. The van der Waals surface area contributed by atoms with E-state index in [2.05, 4.69) is 45.4 Å². The second kappa shape index (κ2) is 6.94. The van der Waals surface area contributed by atoms with E-state index < -0.39 is 0 Å². The average Bonchev–Trinajstić information content (AvgIpc) is 2.93. The van der Waals surface area contributed by atoms with Gasteiger partial charge in [-0.1, -0.05) is 0 Å². The van der Waals surface area contributed by atoms with Crippen molar-refractivity contribution in [2.75, 3.05) is 19.6 Å². The Bertz CT molecular complexity index is 473. The third kappa shape index (κ3) is 3.67. The Labute approximate surface area is 143 Å². The smallest absolute Gasteiger partial charge is 0.223 e. The molecule has 1 saturated heterocycles. The van der Waals surface area contributed by atoms with E-state index in [4.69, 9.17) is 0 Å². The lowest BCUT2D eigenvalue weighted by molar-refractivity contribution is -0.123. The fourth-order valence-electron chi connectivity index (χ4n) is 3.11. The molecule has 1 atom stereocenters. The van der Waals surface area contributed by atoms with Gasteiger partial charge in [0.15, 0.2) is 0 Å². The van der Waals surface area contributed by atoms with Gasteiger partial charge < -0.3 is 10.6 Å². The number of halogens is 2. The molecule has 1 amide bonds. The van der Waals surface area contributed by atoms with Gasteiger partial charge in [0.05, 0.1) is 2.88 Å². The molecular formula is C14H20ClIN2OS. The second-order valence-electron chi connectivity index (χ2n) is 5.62. The van der Waals surface area contributed by atoms with E-state index in [1.807, 2.05) is 11.3 Å². The fraction of sp³-hybridized carbons (Fsp3) is 0.643. The van der Waals surface area contributed by atoms with Gasteiger partial charge in [0.1, 0.15) is 0 Å². The predicted octanol–water partition coefficient (Wildman–Crippen LogP) is 2.82. The molecule has 1 aliphatic carbocycles. The minimum absolute atomic E-state index is 0. The Balaban J connectivity index is 0.00000147. The first-order valence-corrected chi connectivity index (χ1v) is 8.82. The topological polar surface area (TPSA) is 41.1 Å². The first kappa shape index (κ1) is 16.5. The summed E-state index contributed by atoms with van der Waals surface area (Å²) < 4.78 is 1.31. The zero-order valence-corrected chi connectivity index (χ0v) is 15.1. The lowest BCUT2D eigenvalue weighted by Gasteiger charge is -2.23. The Hall–Kier alpha value is 0.150. The highest BCUT2D eigenvalue weighted by atomic mass is 127. The lowest BCUT2D eigenvalue weighted by Crippen LogP contribution is -2.34. The summed E-state index contributed by atoms with van der Waals surface area (Å²) in [6, 6.07) is 4.29. The van der Waals surface area contributed by atoms with Gasteiger partial charge in [0, 0.05) is 17.3 Å².